The van der Waals surface area contributed by atoms with Crippen LogP contribution in [0.1, 0.15) is 52.4 Å². The van der Waals surface area contributed by atoms with E-state index in [0.29, 0.717) is 13.2 Å². The molecular weight excluding hydrogens is 240 g/mol. The van der Waals surface area contributed by atoms with E-state index in [1.165, 1.54) is 0 Å². The zero-order chi connectivity index (χ0) is 12.2. The van der Waals surface area contributed by atoms with Crippen LogP contribution in [0.2, 0.25) is 0 Å². The predicted octanol–water partition coefficient (Wildman–Crippen LogP) is 0.804. The largest absolute Gasteiger partial charge is 0.466 e. The van der Waals surface area contributed by atoms with Crippen molar-refractivity contribution in [1.82, 2.24) is 0 Å². The quantitative estimate of drug-likeness (QED) is 0.453. The Bertz CT molecular complexity index is 183. The average Bonchev–Trinajstić information content (AvgIpc) is 2.27. The molecule has 0 aliphatic rings. The normalized spacial score (nSPS) is 8.78. The molecule has 0 aliphatic heterocycles. The van der Waals surface area contributed by atoms with Crippen LogP contribution in [0.25, 0.3) is 0 Å². The molecule has 0 aromatic rings. The smallest absolute Gasteiger partial charge is 0.306 e. The summed E-state index contributed by atoms with van der Waals surface area (Å²) < 4.78 is 9.82. The van der Waals surface area contributed by atoms with E-state index in [0.717, 1.165) is 25.7 Å². The van der Waals surface area contributed by atoms with Crippen molar-refractivity contribution in [2.75, 3.05) is 13.2 Å². The lowest BCUT2D eigenvalue weighted by atomic mass is 10.3. The van der Waals surface area contributed by atoms with Gasteiger partial charge in [0.05, 0.1) is 26.1 Å². The van der Waals surface area contributed by atoms with Crippen molar-refractivity contribution in [1.29, 1.82) is 0 Å². The number of hydrogen-bond acceptors (Lipinski definition) is 4. The molecule has 6 heteroatoms. The minimum atomic E-state index is -0.319. The van der Waals surface area contributed by atoms with E-state index in [2.05, 4.69) is 0 Å². The molecule has 0 aromatic carbocycles. The summed E-state index contributed by atoms with van der Waals surface area (Å²) in [6, 6.07) is 0. The Morgan fingerprint density at radius 3 is 1.39 bits per heavy atom. The highest BCUT2D eigenvalue weighted by molar-refractivity contribution is 5.77. The van der Waals surface area contributed by atoms with Crippen LogP contribution in [0.5, 0.6) is 0 Å². The second-order valence-electron chi connectivity index (χ2n) is 3.65. The molecular formula is C12H26O6. The zero-order valence-corrected chi connectivity index (χ0v) is 11.3. The fourth-order valence-electron chi connectivity index (χ4n) is 1.01. The molecule has 18 heavy (non-hydrogen) atoms. The van der Waals surface area contributed by atoms with E-state index in [9.17, 15) is 9.59 Å². The Labute approximate surface area is 108 Å². The van der Waals surface area contributed by atoms with Crippen LogP contribution < -0.4 is 0 Å². The Morgan fingerprint density at radius 2 is 1.11 bits per heavy atom. The van der Waals surface area contributed by atoms with Gasteiger partial charge >= 0.3 is 11.9 Å². The van der Waals surface area contributed by atoms with Gasteiger partial charge in [-0.2, -0.15) is 0 Å². The lowest BCUT2D eigenvalue weighted by Crippen LogP contribution is -2.11. The number of rotatable bonds is 9. The summed E-state index contributed by atoms with van der Waals surface area (Å²) in [4.78, 5) is 22.2. The first-order valence-corrected chi connectivity index (χ1v) is 6.02. The fraction of sp³-hybridized carbons (Fsp3) is 0.833. The lowest BCUT2D eigenvalue weighted by Gasteiger charge is -2.04. The van der Waals surface area contributed by atoms with Gasteiger partial charge in [-0.1, -0.05) is 26.7 Å². The predicted molar refractivity (Wildman–Crippen MR) is 68.2 cm³/mol. The van der Waals surface area contributed by atoms with Gasteiger partial charge in [-0.3, -0.25) is 9.59 Å². The van der Waals surface area contributed by atoms with E-state index < -0.39 is 0 Å². The maximum absolute atomic E-state index is 11.1. The molecule has 0 saturated carbocycles. The molecule has 6 nitrogen and oxygen atoms in total. The van der Waals surface area contributed by atoms with Crippen molar-refractivity contribution < 1.29 is 30.0 Å². The second-order valence-corrected chi connectivity index (χ2v) is 3.65. The van der Waals surface area contributed by atoms with Crippen molar-refractivity contribution in [3.63, 3.8) is 0 Å². The molecule has 110 valence electrons. The molecule has 4 N–H and O–H groups in total. The van der Waals surface area contributed by atoms with Gasteiger partial charge in [0.25, 0.3) is 0 Å². The first kappa shape index (κ1) is 22.1. The van der Waals surface area contributed by atoms with Crippen LogP contribution >= 0.6 is 0 Å². The first-order valence-electron chi connectivity index (χ1n) is 6.02. The van der Waals surface area contributed by atoms with E-state index in [1.807, 2.05) is 13.8 Å². The molecule has 0 fully saturated rings. The van der Waals surface area contributed by atoms with Gasteiger partial charge in [-0.05, 0) is 12.8 Å². The van der Waals surface area contributed by atoms with E-state index in [1.54, 1.807) is 0 Å². The van der Waals surface area contributed by atoms with Crippen molar-refractivity contribution in [2.24, 2.45) is 0 Å². The van der Waals surface area contributed by atoms with Gasteiger partial charge in [0.1, 0.15) is 0 Å². The number of esters is 2. The van der Waals surface area contributed by atoms with Gasteiger partial charge in [-0.15, -0.1) is 0 Å². The molecule has 0 aliphatic carbocycles. The third kappa shape index (κ3) is 14.9. The number of carbonyl (C=O) groups is 2. The second kappa shape index (κ2) is 15.9. The van der Waals surface area contributed by atoms with Gasteiger partial charge in [0.15, 0.2) is 0 Å². The maximum atomic E-state index is 11.1. The van der Waals surface area contributed by atoms with Crippen LogP contribution in [-0.4, -0.2) is 36.1 Å². The average molecular weight is 266 g/mol. The molecule has 0 amide bonds. The lowest BCUT2D eigenvalue weighted by molar-refractivity contribution is -0.150. The van der Waals surface area contributed by atoms with E-state index >= 15 is 0 Å². The van der Waals surface area contributed by atoms with Crippen molar-refractivity contribution in [3.8, 4) is 0 Å². The zero-order valence-electron chi connectivity index (χ0n) is 11.3. The summed E-state index contributed by atoms with van der Waals surface area (Å²) in [6.45, 7) is 4.94. The molecule has 0 spiro atoms. The van der Waals surface area contributed by atoms with Gasteiger partial charge in [0, 0.05) is 0 Å². The van der Waals surface area contributed by atoms with Crippen molar-refractivity contribution in [2.45, 2.75) is 52.4 Å². The molecule has 0 radical (unpaired) electrons. The summed E-state index contributed by atoms with van der Waals surface area (Å²) in [5, 5.41) is 0. The molecule has 0 atom stereocenters. The topological polar surface area (TPSA) is 116 Å². The number of ether oxygens (including phenoxy) is 2. The Morgan fingerprint density at radius 1 is 0.778 bits per heavy atom. The number of carbonyl (C=O) groups excluding carboxylic acids is 2. The minimum absolute atomic E-state index is 0. The highest BCUT2D eigenvalue weighted by Crippen LogP contribution is 1.99. The Kier molecular flexibility index (Phi) is 19.5. The summed E-state index contributed by atoms with van der Waals surface area (Å²) in [5.74, 6) is -0.637. The standard InChI is InChI=1S/C12H22O4.2H2O/c1-3-5-9-15-11(13)7-8-12(14)16-10-6-4-2;;/h3-10H2,1-2H3;2*1H2. The van der Waals surface area contributed by atoms with Crippen LogP contribution in [0.15, 0.2) is 0 Å². The molecule has 0 unspecified atom stereocenters. The summed E-state index contributed by atoms with van der Waals surface area (Å²) in [7, 11) is 0. The molecule has 0 heterocycles. The van der Waals surface area contributed by atoms with Crippen LogP contribution in [0, 0.1) is 0 Å². The van der Waals surface area contributed by atoms with E-state index in [4.69, 9.17) is 9.47 Å². The highest BCUT2D eigenvalue weighted by atomic mass is 16.5. The molecule has 0 aromatic heterocycles. The first-order chi connectivity index (χ1) is 7.70. The molecule has 0 bridgehead atoms. The fourth-order valence-corrected chi connectivity index (χ4v) is 1.01. The summed E-state index contributed by atoms with van der Waals surface area (Å²) in [5.41, 5.74) is 0. The monoisotopic (exact) mass is 266 g/mol. The van der Waals surface area contributed by atoms with Crippen molar-refractivity contribution in [3.05, 3.63) is 0 Å². The third-order valence-corrected chi connectivity index (χ3v) is 2.06. The highest BCUT2D eigenvalue weighted by Gasteiger charge is 2.08. The van der Waals surface area contributed by atoms with Crippen molar-refractivity contribution >= 4 is 11.9 Å². The van der Waals surface area contributed by atoms with Gasteiger partial charge in [0.2, 0.25) is 0 Å². The van der Waals surface area contributed by atoms with Crippen LogP contribution in [-0.2, 0) is 19.1 Å². The molecule has 0 saturated heterocycles. The Balaban J connectivity index is -0.00000112. The molecule has 0 rings (SSSR count). The van der Waals surface area contributed by atoms with E-state index in [-0.39, 0.29) is 35.7 Å². The minimum Gasteiger partial charge on any atom is -0.466 e. The summed E-state index contributed by atoms with van der Waals surface area (Å²) >= 11 is 0. The Hall–Kier alpha value is -1.14. The van der Waals surface area contributed by atoms with Crippen LogP contribution in [0.3, 0.4) is 0 Å². The van der Waals surface area contributed by atoms with Crippen LogP contribution in [0.4, 0.5) is 0 Å². The number of hydrogen-bond donors (Lipinski definition) is 0. The number of unbranched alkanes of at least 4 members (excludes halogenated alkanes) is 2. The third-order valence-electron chi connectivity index (χ3n) is 2.06. The summed E-state index contributed by atoms with van der Waals surface area (Å²) in [6.07, 6.45) is 3.96. The van der Waals surface area contributed by atoms with Gasteiger partial charge < -0.3 is 20.4 Å². The maximum Gasteiger partial charge on any atom is 0.306 e. The van der Waals surface area contributed by atoms with Gasteiger partial charge in [-0.25, -0.2) is 0 Å². The SMILES string of the molecule is CCCCOC(=O)CCC(=O)OCCCC.O.O.